The van der Waals surface area contributed by atoms with Gasteiger partial charge >= 0.3 is 5.97 Å². The fraction of sp³-hybridized carbons (Fsp3) is 0.375. The number of nitrogens with zero attached hydrogens (tertiary/aromatic N) is 4. The summed E-state index contributed by atoms with van der Waals surface area (Å²) in [6.45, 7) is 7.63. The molecule has 0 N–H and O–H groups in total. The van der Waals surface area contributed by atoms with Gasteiger partial charge in [0.1, 0.15) is 11.4 Å². The van der Waals surface area contributed by atoms with Gasteiger partial charge in [0.15, 0.2) is 5.82 Å². The van der Waals surface area contributed by atoms with E-state index in [9.17, 15) is 4.79 Å². The maximum Gasteiger partial charge on any atom is 0.343 e. The number of esters is 1. The van der Waals surface area contributed by atoms with Crippen LogP contribution in [0.1, 0.15) is 31.1 Å². The quantitative estimate of drug-likeness (QED) is 0.764. The van der Waals surface area contributed by atoms with Gasteiger partial charge in [0.25, 0.3) is 0 Å². The van der Waals surface area contributed by atoms with Crippen molar-refractivity contribution in [2.24, 2.45) is 0 Å². The summed E-state index contributed by atoms with van der Waals surface area (Å²) in [6.07, 6.45) is 4.92. The molecule has 0 atom stereocenters. The summed E-state index contributed by atoms with van der Waals surface area (Å²) in [5.74, 6) is 0.772. The first-order valence-electron chi connectivity index (χ1n) is 7.40. The maximum atomic E-state index is 12.1. The maximum absolute atomic E-state index is 12.1. The van der Waals surface area contributed by atoms with Crippen molar-refractivity contribution in [2.45, 2.75) is 20.8 Å². The number of anilines is 1. The monoisotopic (exact) mass is 300 g/mol. The van der Waals surface area contributed by atoms with Gasteiger partial charge in [-0.05, 0) is 32.9 Å². The number of pyridine rings is 1. The Bertz CT molecular complexity index is 627. The minimum absolute atomic E-state index is 0.322. The lowest BCUT2D eigenvalue weighted by Gasteiger charge is -2.22. The topological polar surface area (TPSA) is 68.2 Å². The van der Waals surface area contributed by atoms with Gasteiger partial charge in [-0.25, -0.2) is 14.8 Å². The highest BCUT2D eigenvalue weighted by Crippen LogP contribution is 2.22. The highest BCUT2D eigenvalue weighted by Gasteiger charge is 2.19. The summed E-state index contributed by atoms with van der Waals surface area (Å²) in [4.78, 5) is 27.0. The van der Waals surface area contributed by atoms with Crippen LogP contribution in [0, 0.1) is 0 Å². The molecule has 0 saturated carbocycles. The average Bonchev–Trinajstić information content (AvgIpc) is 2.57. The number of rotatable bonds is 6. The SMILES string of the molecule is CCOC(=O)c1cnc(-c2ccncc2)nc1N(CC)CC. The van der Waals surface area contributed by atoms with Crippen LogP contribution in [-0.2, 0) is 4.74 Å². The van der Waals surface area contributed by atoms with Gasteiger partial charge in [0.2, 0.25) is 0 Å². The summed E-state index contributed by atoms with van der Waals surface area (Å²) >= 11 is 0. The Morgan fingerprint density at radius 3 is 2.45 bits per heavy atom. The van der Waals surface area contributed by atoms with E-state index in [2.05, 4.69) is 15.0 Å². The number of ether oxygens (including phenoxy) is 1. The summed E-state index contributed by atoms with van der Waals surface area (Å²) in [7, 11) is 0. The molecule has 22 heavy (non-hydrogen) atoms. The van der Waals surface area contributed by atoms with Crippen molar-refractivity contribution in [1.29, 1.82) is 0 Å². The molecule has 0 bridgehead atoms. The van der Waals surface area contributed by atoms with Crippen molar-refractivity contribution < 1.29 is 9.53 Å². The zero-order chi connectivity index (χ0) is 15.9. The normalized spacial score (nSPS) is 10.3. The van der Waals surface area contributed by atoms with E-state index in [0.29, 0.717) is 23.8 Å². The van der Waals surface area contributed by atoms with Crippen LogP contribution in [-0.4, -0.2) is 40.6 Å². The zero-order valence-corrected chi connectivity index (χ0v) is 13.1. The van der Waals surface area contributed by atoms with E-state index in [4.69, 9.17) is 4.74 Å². The van der Waals surface area contributed by atoms with E-state index >= 15 is 0 Å². The molecule has 0 aliphatic carbocycles. The Hall–Kier alpha value is -2.50. The van der Waals surface area contributed by atoms with Gasteiger partial charge in [-0.15, -0.1) is 0 Å². The molecule has 0 aliphatic rings. The van der Waals surface area contributed by atoms with E-state index in [1.807, 2.05) is 30.9 Å². The third-order valence-corrected chi connectivity index (χ3v) is 3.27. The second kappa shape index (κ2) is 7.49. The highest BCUT2D eigenvalue weighted by atomic mass is 16.5. The third-order valence-electron chi connectivity index (χ3n) is 3.27. The van der Waals surface area contributed by atoms with Crippen LogP contribution >= 0.6 is 0 Å². The first-order chi connectivity index (χ1) is 10.7. The second-order valence-electron chi connectivity index (χ2n) is 4.56. The smallest absolute Gasteiger partial charge is 0.343 e. The minimum Gasteiger partial charge on any atom is -0.462 e. The van der Waals surface area contributed by atoms with Crippen molar-refractivity contribution in [2.75, 3.05) is 24.6 Å². The van der Waals surface area contributed by atoms with E-state index in [1.54, 1.807) is 19.3 Å². The number of carbonyl (C=O) groups is 1. The molecular weight excluding hydrogens is 280 g/mol. The lowest BCUT2D eigenvalue weighted by atomic mass is 10.2. The molecule has 0 fully saturated rings. The van der Waals surface area contributed by atoms with Gasteiger partial charge in [0, 0.05) is 37.2 Å². The van der Waals surface area contributed by atoms with Crippen molar-refractivity contribution in [3.05, 3.63) is 36.3 Å². The molecule has 2 aromatic heterocycles. The molecule has 2 heterocycles. The molecule has 0 saturated heterocycles. The van der Waals surface area contributed by atoms with E-state index in [0.717, 1.165) is 18.7 Å². The van der Waals surface area contributed by atoms with E-state index in [1.165, 1.54) is 6.20 Å². The molecule has 0 amide bonds. The predicted molar refractivity (Wildman–Crippen MR) is 84.8 cm³/mol. The fourth-order valence-electron chi connectivity index (χ4n) is 2.13. The summed E-state index contributed by atoms with van der Waals surface area (Å²) in [6, 6.07) is 3.68. The molecule has 2 aromatic rings. The lowest BCUT2D eigenvalue weighted by Crippen LogP contribution is -2.26. The molecule has 116 valence electrons. The zero-order valence-electron chi connectivity index (χ0n) is 13.1. The van der Waals surface area contributed by atoms with Gasteiger partial charge < -0.3 is 9.64 Å². The molecule has 0 aliphatic heterocycles. The largest absolute Gasteiger partial charge is 0.462 e. The molecule has 6 nitrogen and oxygen atoms in total. The van der Waals surface area contributed by atoms with Crippen LogP contribution in [0.3, 0.4) is 0 Å². The van der Waals surface area contributed by atoms with Crippen LogP contribution in [0.4, 0.5) is 5.82 Å². The molecule has 0 unspecified atom stereocenters. The van der Waals surface area contributed by atoms with E-state index in [-0.39, 0.29) is 0 Å². The van der Waals surface area contributed by atoms with Crippen LogP contribution in [0.2, 0.25) is 0 Å². The second-order valence-corrected chi connectivity index (χ2v) is 4.56. The van der Waals surface area contributed by atoms with Crippen molar-refractivity contribution >= 4 is 11.8 Å². The standard InChI is InChI=1S/C16H20N4O2/c1-4-20(5-2)15-13(16(21)22-6-3)11-18-14(19-15)12-7-9-17-10-8-12/h7-11H,4-6H2,1-3H3. The van der Waals surface area contributed by atoms with Crippen molar-refractivity contribution in [3.8, 4) is 11.4 Å². The lowest BCUT2D eigenvalue weighted by molar-refractivity contribution is 0.0526. The molecule has 6 heteroatoms. The summed E-state index contributed by atoms with van der Waals surface area (Å²) in [5, 5.41) is 0. The van der Waals surface area contributed by atoms with Crippen molar-refractivity contribution in [3.63, 3.8) is 0 Å². The molecule has 0 aromatic carbocycles. The molecule has 0 spiro atoms. The van der Waals surface area contributed by atoms with Crippen LogP contribution in [0.25, 0.3) is 11.4 Å². The number of hydrogen-bond acceptors (Lipinski definition) is 6. The highest BCUT2D eigenvalue weighted by molar-refractivity contribution is 5.94. The Labute approximate surface area is 130 Å². The van der Waals surface area contributed by atoms with Gasteiger partial charge in [-0.2, -0.15) is 0 Å². The van der Waals surface area contributed by atoms with Gasteiger partial charge in [0.05, 0.1) is 6.61 Å². The molecular formula is C16H20N4O2. The van der Waals surface area contributed by atoms with Crippen LogP contribution < -0.4 is 4.90 Å². The number of hydrogen-bond donors (Lipinski definition) is 0. The average molecular weight is 300 g/mol. The summed E-state index contributed by atoms with van der Waals surface area (Å²) < 4.78 is 5.10. The third kappa shape index (κ3) is 3.39. The Balaban J connectivity index is 2.50. The Morgan fingerprint density at radius 2 is 1.86 bits per heavy atom. The van der Waals surface area contributed by atoms with Crippen molar-refractivity contribution in [1.82, 2.24) is 15.0 Å². The van der Waals surface area contributed by atoms with E-state index < -0.39 is 5.97 Å². The molecule has 2 rings (SSSR count). The predicted octanol–water partition coefficient (Wildman–Crippen LogP) is 2.56. The van der Waals surface area contributed by atoms with Crippen LogP contribution in [0.5, 0.6) is 0 Å². The summed E-state index contributed by atoms with van der Waals surface area (Å²) in [5.41, 5.74) is 1.25. The minimum atomic E-state index is -0.398. The van der Waals surface area contributed by atoms with Gasteiger partial charge in [-0.1, -0.05) is 0 Å². The number of aromatic nitrogens is 3. The fourth-order valence-corrected chi connectivity index (χ4v) is 2.13. The number of carbonyl (C=O) groups excluding carboxylic acids is 1. The Kier molecular flexibility index (Phi) is 5.41. The Morgan fingerprint density at radius 1 is 1.18 bits per heavy atom. The van der Waals surface area contributed by atoms with Crippen LogP contribution in [0.15, 0.2) is 30.7 Å². The first-order valence-corrected chi connectivity index (χ1v) is 7.40. The first kappa shape index (κ1) is 15.9. The molecule has 0 radical (unpaired) electrons. The van der Waals surface area contributed by atoms with Gasteiger partial charge in [-0.3, -0.25) is 4.98 Å².